The monoisotopic (exact) mass is 311 g/mol. The molecule has 1 saturated heterocycles. The van der Waals surface area contributed by atoms with E-state index >= 15 is 0 Å². The minimum absolute atomic E-state index is 0.269. The number of β-amino-alcohol motifs (C(OH)–C–C–N with tert-alkyl or cyclic N) is 1. The molecule has 23 heavy (non-hydrogen) atoms. The largest absolute Gasteiger partial charge is 0.452 e. The molecule has 2 atom stereocenters. The molecule has 1 aliphatic heterocycles. The molecule has 0 aliphatic carbocycles. The van der Waals surface area contributed by atoms with Gasteiger partial charge in [0.15, 0.2) is 6.10 Å². The highest BCUT2D eigenvalue weighted by Gasteiger charge is 2.29. The molecule has 1 fully saturated rings. The smallest absolute Gasteiger partial charge is 0.311 e. The van der Waals surface area contributed by atoms with E-state index in [1.807, 2.05) is 60.7 Å². The molecule has 0 aromatic heterocycles. The van der Waals surface area contributed by atoms with E-state index in [4.69, 9.17) is 4.74 Å². The predicted octanol–water partition coefficient (Wildman–Crippen LogP) is 2.29. The van der Waals surface area contributed by atoms with Gasteiger partial charge in [0, 0.05) is 13.1 Å². The van der Waals surface area contributed by atoms with Gasteiger partial charge in [-0.25, -0.2) is 0 Å². The van der Waals surface area contributed by atoms with Gasteiger partial charge in [-0.1, -0.05) is 60.7 Å². The minimum Gasteiger partial charge on any atom is -0.452 e. The van der Waals surface area contributed by atoms with Gasteiger partial charge in [0.05, 0.1) is 12.0 Å². The fourth-order valence-corrected chi connectivity index (χ4v) is 2.90. The van der Waals surface area contributed by atoms with Crippen LogP contribution in [0.15, 0.2) is 60.7 Å². The molecule has 2 aromatic carbocycles. The van der Waals surface area contributed by atoms with E-state index in [2.05, 4.69) is 5.32 Å². The fraction of sp³-hybridized carbons (Fsp3) is 0.316. The number of aliphatic hydroxyl groups is 1. The van der Waals surface area contributed by atoms with Crippen molar-refractivity contribution in [2.24, 2.45) is 5.92 Å². The molecule has 1 heterocycles. The normalized spacial score (nSPS) is 21.1. The maximum Gasteiger partial charge on any atom is 0.311 e. The summed E-state index contributed by atoms with van der Waals surface area (Å²) in [7, 11) is 0. The van der Waals surface area contributed by atoms with Crippen LogP contribution in [0.25, 0.3) is 0 Å². The van der Waals surface area contributed by atoms with E-state index < -0.39 is 12.2 Å². The van der Waals surface area contributed by atoms with Crippen molar-refractivity contribution in [1.29, 1.82) is 0 Å². The summed E-state index contributed by atoms with van der Waals surface area (Å²) in [6.07, 6.45) is -0.473. The highest BCUT2D eigenvalue weighted by Crippen LogP contribution is 2.27. The van der Waals surface area contributed by atoms with Gasteiger partial charge in [0.1, 0.15) is 0 Å². The van der Waals surface area contributed by atoms with E-state index in [1.54, 1.807) is 0 Å². The zero-order valence-corrected chi connectivity index (χ0v) is 12.9. The summed E-state index contributed by atoms with van der Waals surface area (Å²) in [5.74, 6) is -0.581. The number of piperidine rings is 1. The number of carbonyl (C=O) groups excluding carboxylic acids is 1. The number of ether oxygens (including phenoxy) is 1. The highest BCUT2D eigenvalue weighted by atomic mass is 16.5. The van der Waals surface area contributed by atoms with Crippen LogP contribution in [0.5, 0.6) is 0 Å². The van der Waals surface area contributed by atoms with Crippen molar-refractivity contribution < 1.29 is 14.6 Å². The van der Waals surface area contributed by atoms with Crippen molar-refractivity contribution >= 4 is 5.97 Å². The molecule has 0 amide bonds. The summed E-state index contributed by atoms with van der Waals surface area (Å²) < 4.78 is 5.82. The van der Waals surface area contributed by atoms with Crippen LogP contribution < -0.4 is 5.32 Å². The molecule has 3 rings (SSSR count). The molecule has 0 radical (unpaired) electrons. The van der Waals surface area contributed by atoms with Gasteiger partial charge >= 0.3 is 5.97 Å². The summed E-state index contributed by atoms with van der Waals surface area (Å²) in [4.78, 5) is 12.5. The SMILES string of the molecule is O=C(OC(c1ccccc1)c1ccccc1)[C@@H]1CNC[C@H](O)C1. The first kappa shape index (κ1) is 15.7. The summed E-state index contributed by atoms with van der Waals surface area (Å²) in [6.45, 7) is 1.08. The molecule has 4 heteroatoms. The van der Waals surface area contributed by atoms with E-state index in [0.29, 0.717) is 19.5 Å². The fourth-order valence-electron chi connectivity index (χ4n) is 2.90. The zero-order valence-electron chi connectivity index (χ0n) is 12.9. The zero-order chi connectivity index (χ0) is 16.1. The summed E-state index contributed by atoms with van der Waals surface area (Å²) in [5, 5.41) is 12.8. The Morgan fingerprint density at radius 1 is 1.00 bits per heavy atom. The Balaban J connectivity index is 1.80. The third-order valence-corrected chi connectivity index (χ3v) is 4.10. The first-order chi connectivity index (χ1) is 11.2. The van der Waals surface area contributed by atoms with Crippen LogP contribution in [0.2, 0.25) is 0 Å². The number of carbonyl (C=O) groups is 1. The van der Waals surface area contributed by atoms with Crippen LogP contribution in [-0.2, 0) is 9.53 Å². The molecule has 0 bridgehead atoms. The van der Waals surface area contributed by atoms with Crippen LogP contribution in [0.3, 0.4) is 0 Å². The number of nitrogens with one attached hydrogen (secondary N) is 1. The number of hydrogen-bond acceptors (Lipinski definition) is 4. The topological polar surface area (TPSA) is 58.6 Å². The average Bonchev–Trinajstić information content (AvgIpc) is 2.61. The summed E-state index contributed by atoms with van der Waals surface area (Å²) >= 11 is 0. The minimum atomic E-state index is -0.492. The Kier molecular flexibility index (Phi) is 5.05. The van der Waals surface area contributed by atoms with Crippen LogP contribution in [0.1, 0.15) is 23.7 Å². The van der Waals surface area contributed by atoms with Crippen molar-refractivity contribution in [2.75, 3.05) is 13.1 Å². The van der Waals surface area contributed by atoms with Crippen LogP contribution >= 0.6 is 0 Å². The van der Waals surface area contributed by atoms with Crippen molar-refractivity contribution in [3.63, 3.8) is 0 Å². The molecule has 120 valence electrons. The summed E-state index contributed by atoms with van der Waals surface area (Å²) in [5.41, 5.74) is 1.88. The van der Waals surface area contributed by atoms with Crippen molar-refractivity contribution in [3.05, 3.63) is 71.8 Å². The Hall–Kier alpha value is -2.17. The van der Waals surface area contributed by atoms with E-state index in [0.717, 1.165) is 11.1 Å². The number of aliphatic hydroxyl groups excluding tert-OH is 1. The van der Waals surface area contributed by atoms with Gasteiger partial charge in [0.2, 0.25) is 0 Å². The highest BCUT2D eigenvalue weighted by molar-refractivity contribution is 5.73. The first-order valence-corrected chi connectivity index (χ1v) is 7.93. The second kappa shape index (κ2) is 7.40. The molecule has 4 nitrogen and oxygen atoms in total. The van der Waals surface area contributed by atoms with Gasteiger partial charge in [-0.2, -0.15) is 0 Å². The van der Waals surface area contributed by atoms with E-state index in [9.17, 15) is 9.90 Å². The van der Waals surface area contributed by atoms with Crippen molar-refractivity contribution in [3.8, 4) is 0 Å². The standard InChI is InChI=1S/C19H21NO3/c21-17-11-16(12-20-13-17)19(22)23-18(14-7-3-1-4-8-14)15-9-5-2-6-10-15/h1-10,16-18,20-21H,11-13H2/t16-,17+/m0/s1. The lowest BCUT2D eigenvalue weighted by atomic mass is 9.97. The Bertz CT molecular complexity index is 590. The lowest BCUT2D eigenvalue weighted by Gasteiger charge is -2.27. The van der Waals surface area contributed by atoms with Crippen LogP contribution in [0, 0.1) is 5.92 Å². The van der Waals surface area contributed by atoms with Crippen LogP contribution in [0.4, 0.5) is 0 Å². The number of benzene rings is 2. The maximum atomic E-state index is 12.5. The summed E-state index contributed by atoms with van der Waals surface area (Å²) in [6, 6.07) is 19.4. The molecular weight excluding hydrogens is 290 g/mol. The molecule has 0 unspecified atom stereocenters. The molecule has 0 spiro atoms. The Labute approximate surface area is 136 Å². The second-order valence-corrected chi connectivity index (χ2v) is 5.88. The Morgan fingerprint density at radius 2 is 1.57 bits per heavy atom. The maximum absolute atomic E-state index is 12.5. The van der Waals surface area contributed by atoms with Crippen molar-refractivity contribution in [2.45, 2.75) is 18.6 Å². The van der Waals surface area contributed by atoms with E-state index in [-0.39, 0.29) is 11.9 Å². The number of rotatable bonds is 4. The number of esters is 1. The molecule has 2 aromatic rings. The third-order valence-electron chi connectivity index (χ3n) is 4.10. The quantitative estimate of drug-likeness (QED) is 0.851. The van der Waals surface area contributed by atoms with Crippen LogP contribution in [-0.4, -0.2) is 30.3 Å². The van der Waals surface area contributed by atoms with E-state index in [1.165, 1.54) is 0 Å². The lowest BCUT2D eigenvalue weighted by Crippen LogP contribution is -2.43. The molecule has 2 N–H and O–H groups in total. The van der Waals surface area contributed by atoms with Crippen molar-refractivity contribution in [1.82, 2.24) is 5.32 Å². The van der Waals surface area contributed by atoms with Gasteiger partial charge < -0.3 is 15.2 Å². The number of hydrogen-bond donors (Lipinski definition) is 2. The van der Waals surface area contributed by atoms with Gasteiger partial charge in [-0.15, -0.1) is 0 Å². The Morgan fingerprint density at radius 3 is 2.09 bits per heavy atom. The van der Waals surface area contributed by atoms with Gasteiger partial charge in [0.25, 0.3) is 0 Å². The predicted molar refractivity (Wildman–Crippen MR) is 87.8 cm³/mol. The van der Waals surface area contributed by atoms with Gasteiger partial charge in [-0.05, 0) is 17.5 Å². The molecular formula is C19H21NO3. The average molecular weight is 311 g/mol. The first-order valence-electron chi connectivity index (χ1n) is 7.93. The third kappa shape index (κ3) is 3.97. The molecule has 0 saturated carbocycles. The molecule has 1 aliphatic rings. The second-order valence-electron chi connectivity index (χ2n) is 5.88. The lowest BCUT2D eigenvalue weighted by molar-refractivity contribution is -0.154. The van der Waals surface area contributed by atoms with Gasteiger partial charge in [-0.3, -0.25) is 4.79 Å².